The second-order valence-corrected chi connectivity index (χ2v) is 10.2. The highest BCUT2D eigenvalue weighted by Crippen LogP contribution is 2.38. The van der Waals surface area contributed by atoms with Crippen LogP contribution in [0.2, 0.25) is 0 Å². The minimum Gasteiger partial charge on any atom is -0.377 e. The van der Waals surface area contributed by atoms with E-state index in [4.69, 9.17) is 4.74 Å². The zero-order valence-electron chi connectivity index (χ0n) is 17.7. The molecule has 2 aromatic rings. The number of anilines is 1. The molecule has 2 N–H and O–H groups in total. The fourth-order valence-corrected chi connectivity index (χ4v) is 6.37. The Morgan fingerprint density at radius 3 is 2.55 bits per heavy atom. The predicted octanol–water partition coefficient (Wildman–Crippen LogP) is 2.72. The Kier molecular flexibility index (Phi) is 5.26. The van der Waals surface area contributed by atoms with Crippen LogP contribution in [0.15, 0.2) is 17.2 Å². The number of aryl methyl sites for hydroxylation is 2. The second-order valence-electron chi connectivity index (χ2n) is 8.55. The highest BCUT2D eigenvalue weighted by molar-refractivity contribution is 7.90. The van der Waals surface area contributed by atoms with E-state index in [1.165, 1.54) is 17.3 Å². The van der Waals surface area contributed by atoms with Gasteiger partial charge in [0.1, 0.15) is 4.90 Å². The first-order valence-electron chi connectivity index (χ1n) is 11.1. The lowest BCUT2D eigenvalue weighted by Crippen LogP contribution is -2.36. The van der Waals surface area contributed by atoms with Crippen LogP contribution in [0.3, 0.4) is 0 Å². The first-order chi connectivity index (χ1) is 15.0. The molecule has 31 heavy (non-hydrogen) atoms. The smallest absolute Gasteiger partial charge is 0.333 e. The summed E-state index contributed by atoms with van der Waals surface area (Å²) in [5.41, 5.74) is 6.35. The zero-order chi connectivity index (χ0) is 21.6. The lowest BCUT2D eigenvalue weighted by atomic mass is 9.99. The molecule has 0 saturated heterocycles. The Labute approximate surface area is 182 Å². The number of benzene rings is 1. The minimum absolute atomic E-state index is 0.0338. The van der Waals surface area contributed by atoms with Crippen LogP contribution in [-0.4, -0.2) is 36.9 Å². The monoisotopic (exact) mass is 444 g/mol. The lowest BCUT2D eigenvalue weighted by Gasteiger charge is -2.24. The van der Waals surface area contributed by atoms with Crippen LogP contribution < -0.4 is 10.0 Å². The van der Waals surface area contributed by atoms with Gasteiger partial charge in [0.25, 0.3) is 10.0 Å². The number of sulfonamides is 1. The molecule has 166 valence electrons. The van der Waals surface area contributed by atoms with E-state index in [-0.39, 0.29) is 11.0 Å². The summed E-state index contributed by atoms with van der Waals surface area (Å²) >= 11 is 0. The molecule has 2 amide bonds. The maximum absolute atomic E-state index is 13.0. The van der Waals surface area contributed by atoms with Crippen LogP contribution in [-0.2, 0) is 53.4 Å². The van der Waals surface area contributed by atoms with Gasteiger partial charge in [-0.15, -0.1) is 0 Å². The molecule has 1 aromatic heterocycles. The van der Waals surface area contributed by atoms with Gasteiger partial charge >= 0.3 is 6.03 Å². The summed E-state index contributed by atoms with van der Waals surface area (Å²) in [7, 11) is -4.02. The number of hydrogen-bond acceptors (Lipinski definition) is 5. The molecule has 2 heterocycles. The third-order valence-corrected chi connectivity index (χ3v) is 7.99. The Morgan fingerprint density at radius 1 is 1.16 bits per heavy atom. The number of rotatable bonds is 5. The van der Waals surface area contributed by atoms with E-state index in [2.05, 4.69) is 21.2 Å². The van der Waals surface area contributed by atoms with Gasteiger partial charge in [0, 0.05) is 12.3 Å². The van der Waals surface area contributed by atoms with Crippen LogP contribution in [0.1, 0.15) is 54.1 Å². The van der Waals surface area contributed by atoms with Gasteiger partial charge in [0.05, 0.1) is 24.5 Å². The van der Waals surface area contributed by atoms with Crippen molar-refractivity contribution in [2.24, 2.45) is 0 Å². The standard InChI is InChI=1S/C22H28N4O4S/c1-2-30-16-9-10-19-20(12-23-26(19)13-16)31(28,29)25-22(27)24-21-17-7-3-5-14(17)11-15-6-4-8-18(15)21/h11-12,16H,2-10,13H2,1H3,(H2,24,25,27)/t16-/m0/s1. The highest BCUT2D eigenvalue weighted by Gasteiger charge is 2.30. The van der Waals surface area contributed by atoms with Crippen molar-refractivity contribution in [1.82, 2.24) is 14.5 Å². The largest absolute Gasteiger partial charge is 0.377 e. The van der Waals surface area contributed by atoms with Crippen molar-refractivity contribution in [3.8, 4) is 0 Å². The van der Waals surface area contributed by atoms with Crippen LogP contribution >= 0.6 is 0 Å². The van der Waals surface area contributed by atoms with E-state index in [9.17, 15) is 13.2 Å². The number of aromatic nitrogens is 2. The molecule has 3 aliphatic rings. The molecular formula is C22H28N4O4S. The molecule has 9 heteroatoms. The van der Waals surface area contributed by atoms with E-state index < -0.39 is 16.1 Å². The zero-order valence-corrected chi connectivity index (χ0v) is 18.6. The van der Waals surface area contributed by atoms with Crippen molar-refractivity contribution in [2.45, 2.75) is 75.8 Å². The molecule has 1 aromatic carbocycles. The van der Waals surface area contributed by atoms with Crippen LogP contribution in [0, 0.1) is 0 Å². The quantitative estimate of drug-likeness (QED) is 0.738. The Morgan fingerprint density at radius 2 is 1.87 bits per heavy atom. The molecule has 0 bridgehead atoms. The molecule has 0 radical (unpaired) electrons. The fourth-order valence-electron chi connectivity index (χ4n) is 5.26. The minimum atomic E-state index is -4.02. The van der Waals surface area contributed by atoms with E-state index >= 15 is 0 Å². The maximum atomic E-state index is 13.0. The van der Waals surface area contributed by atoms with Gasteiger partial charge in [-0.2, -0.15) is 5.10 Å². The number of ether oxygens (including phenoxy) is 1. The number of nitrogens with zero attached hydrogens (tertiary/aromatic N) is 2. The summed E-state index contributed by atoms with van der Waals surface area (Å²) in [5, 5.41) is 7.12. The lowest BCUT2D eigenvalue weighted by molar-refractivity contribution is 0.0333. The van der Waals surface area contributed by atoms with Gasteiger partial charge in [0.15, 0.2) is 0 Å². The number of hydrogen-bond donors (Lipinski definition) is 2. The Hall–Kier alpha value is -2.39. The highest BCUT2D eigenvalue weighted by atomic mass is 32.2. The third-order valence-electron chi connectivity index (χ3n) is 6.62. The summed E-state index contributed by atoms with van der Waals surface area (Å²) in [6, 6.07) is 1.57. The van der Waals surface area contributed by atoms with Gasteiger partial charge in [-0.3, -0.25) is 4.68 Å². The SMILES string of the molecule is CCO[C@H]1CCc2c(S(=O)(=O)NC(=O)Nc3c4c(cc5c3CCC5)CCC4)cnn2C1. The number of urea groups is 1. The number of carbonyl (C=O) groups is 1. The van der Waals surface area contributed by atoms with Gasteiger partial charge in [-0.05, 0) is 80.5 Å². The number of nitrogens with one attached hydrogen (secondary N) is 2. The van der Waals surface area contributed by atoms with Crippen molar-refractivity contribution in [2.75, 3.05) is 11.9 Å². The first kappa shape index (κ1) is 20.5. The number of fused-ring (bicyclic) bond motifs is 3. The molecule has 0 unspecified atom stereocenters. The van der Waals surface area contributed by atoms with Crippen LogP contribution in [0.5, 0.6) is 0 Å². The molecular weight excluding hydrogens is 416 g/mol. The topological polar surface area (TPSA) is 102 Å². The average Bonchev–Trinajstić information content (AvgIpc) is 3.46. The second kappa shape index (κ2) is 7.94. The van der Waals surface area contributed by atoms with E-state index in [0.29, 0.717) is 25.3 Å². The molecule has 1 atom stereocenters. The van der Waals surface area contributed by atoms with E-state index in [1.807, 2.05) is 6.92 Å². The average molecular weight is 445 g/mol. The molecule has 2 aliphatic carbocycles. The number of amides is 2. The molecule has 8 nitrogen and oxygen atoms in total. The molecule has 0 fully saturated rings. The van der Waals surface area contributed by atoms with Crippen molar-refractivity contribution >= 4 is 21.7 Å². The van der Waals surface area contributed by atoms with Crippen molar-refractivity contribution < 1.29 is 17.9 Å². The Balaban J connectivity index is 1.36. The van der Waals surface area contributed by atoms with Crippen molar-refractivity contribution in [3.63, 3.8) is 0 Å². The van der Waals surface area contributed by atoms with Crippen molar-refractivity contribution in [3.05, 3.63) is 40.2 Å². The molecule has 1 aliphatic heterocycles. The molecule has 0 spiro atoms. The Bertz CT molecular complexity index is 1110. The molecule has 5 rings (SSSR count). The van der Waals surface area contributed by atoms with Gasteiger partial charge in [-0.1, -0.05) is 6.07 Å². The van der Waals surface area contributed by atoms with E-state index in [1.54, 1.807) is 4.68 Å². The summed E-state index contributed by atoms with van der Waals surface area (Å²) in [6.07, 6.45) is 8.65. The van der Waals surface area contributed by atoms with Gasteiger partial charge < -0.3 is 10.1 Å². The summed E-state index contributed by atoms with van der Waals surface area (Å²) in [4.78, 5) is 12.9. The van der Waals surface area contributed by atoms with Crippen molar-refractivity contribution in [1.29, 1.82) is 0 Å². The van der Waals surface area contributed by atoms with Gasteiger partial charge in [-0.25, -0.2) is 17.9 Å². The normalized spacial score (nSPS) is 19.6. The summed E-state index contributed by atoms with van der Waals surface area (Å²) in [5.74, 6) is 0. The third kappa shape index (κ3) is 3.74. The number of carbonyl (C=O) groups excluding carboxylic acids is 1. The summed E-state index contributed by atoms with van der Waals surface area (Å²) < 4.78 is 35.5. The molecule has 0 saturated carbocycles. The maximum Gasteiger partial charge on any atom is 0.333 e. The van der Waals surface area contributed by atoms with E-state index in [0.717, 1.165) is 61.8 Å². The first-order valence-corrected chi connectivity index (χ1v) is 12.6. The summed E-state index contributed by atoms with van der Waals surface area (Å²) in [6.45, 7) is 3.07. The van der Waals surface area contributed by atoms with Crippen LogP contribution in [0.25, 0.3) is 0 Å². The van der Waals surface area contributed by atoms with Crippen LogP contribution in [0.4, 0.5) is 10.5 Å². The predicted molar refractivity (Wildman–Crippen MR) is 116 cm³/mol. The van der Waals surface area contributed by atoms with Gasteiger partial charge in [0.2, 0.25) is 0 Å². The fraction of sp³-hybridized carbons (Fsp3) is 0.545.